The van der Waals surface area contributed by atoms with Gasteiger partial charge in [-0.1, -0.05) is 28.9 Å². The van der Waals surface area contributed by atoms with Gasteiger partial charge in [0.1, 0.15) is 6.10 Å². The molecule has 0 bridgehead atoms. The number of pyridine rings is 1. The highest BCUT2D eigenvalue weighted by Crippen LogP contribution is 2.30. The van der Waals surface area contributed by atoms with Crippen molar-refractivity contribution in [2.24, 2.45) is 5.92 Å². The summed E-state index contributed by atoms with van der Waals surface area (Å²) in [6.45, 7) is 4.22. The molecule has 0 radical (unpaired) electrons. The third kappa shape index (κ3) is 2.60. The molecule has 3 rings (SSSR count). The van der Waals surface area contributed by atoms with Crippen molar-refractivity contribution in [3.63, 3.8) is 0 Å². The lowest BCUT2D eigenvalue weighted by molar-refractivity contribution is 0.111. The van der Waals surface area contributed by atoms with Gasteiger partial charge in [0.15, 0.2) is 0 Å². The Morgan fingerprint density at radius 1 is 1.32 bits per heavy atom. The summed E-state index contributed by atoms with van der Waals surface area (Å²) in [5.74, 6) is 1.30. The van der Waals surface area contributed by atoms with Crippen molar-refractivity contribution in [1.82, 2.24) is 10.3 Å². The summed E-state index contributed by atoms with van der Waals surface area (Å²) >= 11 is 3.57. The quantitative estimate of drug-likeness (QED) is 0.921. The zero-order chi connectivity index (χ0) is 13.2. The third-order valence-corrected chi connectivity index (χ3v) is 4.43. The molecule has 3 nitrogen and oxygen atoms in total. The molecule has 1 aliphatic heterocycles. The van der Waals surface area contributed by atoms with Crippen molar-refractivity contribution < 1.29 is 4.74 Å². The maximum absolute atomic E-state index is 6.14. The van der Waals surface area contributed by atoms with Crippen LogP contribution in [0.1, 0.15) is 13.3 Å². The summed E-state index contributed by atoms with van der Waals surface area (Å²) in [4.78, 5) is 4.41. The van der Waals surface area contributed by atoms with Crippen LogP contribution in [0.4, 0.5) is 0 Å². The maximum Gasteiger partial charge on any atom is 0.221 e. The molecule has 2 heterocycles. The van der Waals surface area contributed by atoms with Gasteiger partial charge in [0.05, 0.1) is 0 Å². The monoisotopic (exact) mass is 320 g/mol. The number of halogens is 1. The largest absolute Gasteiger partial charge is 0.472 e. The predicted octanol–water partition coefficient (Wildman–Crippen LogP) is 3.37. The van der Waals surface area contributed by atoms with Gasteiger partial charge in [0, 0.05) is 28.0 Å². The fourth-order valence-corrected chi connectivity index (χ4v) is 3.00. The fraction of sp³-hybridized carbons (Fsp3) is 0.400. The fourth-order valence-electron chi connectivity index (χ4n) is 2.50. The van der Waals surface area contributed by atoms with Crippen molar-refractivity contribution >= 4 is 26.7 Å². The standard InChI is InChI=1S/C15H17BrN2O/c1-10-5-7-17-9-14(10)19-15-12-3-2-4-13(16)11(12)6-8-18-15/h2-4,6,8,10,14,17H,5,7,9H2,1H3. The van der Waals surface area contributed by atoms with Gasteiger partial charge in [0.25, 0.3) is 0 Å². The minimum Gasteiger partial charge on any atom is -0.472 e. The topological polar surface area (TPSA) is 34.1 Å². The van der Waals surface area contributed by atoms with Gasteiger partial charge in [-0.15, -0.1) is 0 Å². The van der Waals surface area contributed by atoms with Crippen molar-refractivity contribution in [2.45, 2.75) is 19.4 Å². The van der Waals surface area contributed by atoms with Gasteiger partial charge in [-0.2, -0.15) is 0 Å². The molecule has 1 saturated heterocycles. The average molecular weight is 321 g/mol. The van der Waals surface area contributed by atoms with Crippen molar-refractivity contribution in [1.29, 1.82) is 0 Å². The summed E-state index contributed by atoms with van der Waals surface area (Å²) in [5, 5.41) is 5.59. The summed E-state index contributed by atoms with van der Waals surface area (Å²) in [5.41, 5.74) is 0. The molecule has 1 N–H and O–H groups in total. The Morgan fingerprint density at radius 2 is 2.21 bits per heavy atom. The molecule has 0 amide bonds. The molecule has 1 aliphatic rings. The summed E-state index contributed by atoms with van der Waals surface area (Å²) in [6, 6.07) is 8.12. The number of hydrogen-bond donors (Lipinski definition) is 1. The molecule has 2 unspecified atom stereocenters. The number of ether oxygens (including phenoxy) is 1. The van der Waals surface area contributed by atoms with E-state index in [1.807, 2.05) is 24.4 Å². The van der Waals surface area contributed by atoms with Gasteiger partial charge >= 0.3 is 0 Å². The van der Waals surface area contributed by atoms with E-state index >= 15 is 0 Å². The highest BCUT2D eigenvalue weighted by molar-refractivity contribution is 9.10. The predicted molar refractivity (Wildman–Crippen MR) is 80.5 cm³/mol. The number of fused-ring (bicyclic) bond motifs is 1. The van der Waals surface area contributed by atoms with E-state index in [9.17, 15) is 0 Å². The van der Waals surface area contributed by atoms with Crippen LogP contribution in [0.2, 0.25) is 0 Å². The lowest BCUT2D eigenvalue weighted by atomic mass is 9.97. The molecule has 19 heavy (non-hydrogen) atoms. The van der Waals surface area contributed by atoms with E-state index in [4.69, 9.17) is 4.74 Å². The smallest absolute Gasteiger partial charge is 0.221 e. The molecular formula is C15H17BrN2O. The SMILES string of the molecule is CC1CCNCC1Oc1nccc2c(Br)cccc12. The van der Waals surface area contributed by atoms with Crippen molar-refractivity contribution in [3.05, 3.63) is 34.9 Å². The minimum absolute atomic E-state index is 0.200. The number of piperidine rings is 1. The van der Waals surface area contributed by atoms with E-state index in [2.05, 4.69) is 39.2 Å². The van der Waals surface area contributed by atoms with Gasteiger partial charge in [0.2, 0.25) is 5.88 Å². The molecule has 0 aliphatic carbocycles. The summed E-state index contributed by atoms with van der Waals surface area (Å²) < 4.78 is 7.22. The number of rotatable bonds is 2. The van der Waals surface area contributed by atoms with E-state index in [1.54, 1.807) is 0 Å². The van der Waals surface area contributed by atoms with Gasteiger partial charge < -0.3 is 10.1 Å². The second-order valence-electron chi connectivity index (χ2n) is 5.08. The van der Waals surface area contributed by atoms with E-state index in [0.29, 0.717) is 5.92 Å². The minimum atomic E-state index is 0.200. The van der Waals surface area contributed by atoms with Crippen LogP contribution in [0.3, 0.4) is 0 Å². The number of benzene rings is 1. The highest BCUT2D eigenvalue weighted by Gasteiger charge is 2.23. The lowest BCUT2D eigenvalue weighted by Gasteiger charge is -2.29. The average Bonchev–Trinajstić information content (AvgIpc) is 2.42. The number of nitrogens with zero attached hydrogens (tertiary/aromatic N) is 1. The van der Waals surface area contributed by atoms with Gasteiger partial charge in [-0.05, 0) is 37.1 Å². The van der Waals surface area contributed by atoms with E-state index in [1.165, 1.54) is 0 Å². The molecule has 4 heteroatoms. The van der Waals surface area contributed by atoms with E-state index < -0.39 is 0 Å². The van der Waals surface area contributed by atoms with Crippen LogP contribution in [-0.2, 0) is 0 Å². The Morgan fingerprint density at radius 3 is 3.05 bits per heavy atom. The highest BCUT2D eigenvalue weighted by atomic mass is 79.9. The molecule has 0 spiro atoms. The van der Waals surface area contributed by atoms with Crippen LogP contribution in [0.25, 0.3) is 10.8 Å². The van der Waals surface area contributed by atoms with Crippen LogP contribution < -0.4 is 10.1 Å². The molecule has 1 fully saturated rings. The molecule has 1 aromatic heterocycles. The molecule has 2 aromatic rings. The van der Waals surface area contributed by atoms with Gasteiger partial charge in [-0.25, -0.2) is 4.98 Å². The van der Waals surface area contributed by atoms with E-state index in [-0.39, 0.29) is 6.10 Å². The second kappa shape index (κ2) is 5.47. The molecule has 2 atom stereocenters. The second-order valence-corrected chi connectivity index (χ2v) is 5.93. The first kappa shape index (κ1) is 12.9. The van der Waals surface area contributed by atoms with Crippen molar-refractivity contribution in [2.75, 3.05) is 13.1 Å². The van der Waals surface area contributed by atoms with Crippen LogP contribution in [0.15, 0.2) is 34.9 Å². The van der Waals surface area contributed by atoms with Crippen LogP contribution in [0.5, 0.6) is 5.88 Å². The van der Waals surface area contributed by atoms with Crippen LogP contribution >= 0.6 is 15.9 Å². The lowest BCUT2D eigenvalue weighted by Crippen LogP contribution is -2.43. The first-order chi connectivity index (χ1) is 9.25. The summed E-state index contributed by atoms with van der Waals surface area (Å²) in [6.07, 6.45) is 3.16. The zero-order valence-corrected chi connectivity index (χ0v) is 12.5. The molecule has 0 saturated carbocycles. The maximum atomic E-state index is 6.14. The Kier molecular flexibility index (Phi) is 3.71. The Hall–Kier alpha value is -1.13. The van der Waals surface area contributed by atoms with Crippen molar-refractivity contribution in [3.8, 4) is 5.88 Å². The molecule has 1 aromatic carbocycles. The number of hydrogen-bond acceptors (Lipinski definition) is 3. The zero-order valence-electron chi connectivity index (χ0n) is 10.9. The van der Waals surface area contributed by atoms with Crippen LogP contribution in [0, 0.1) is 5.92 Å². The number of aromatic nitrogens is 1. The van der Waals surface area contributed by atoms with Crippen LogP contribution in [-0.4, -0.2) is 24.2 Å². The third-order valence-electron chi connectivity index (χ3n) is 3.74. The van der Waals surface area contributed by atoms with E-state index in [0.717, 1.165) is 40.6 Å². The Labute approximate surface area is 121 Å². The first-order valence-electron chi connectivity index (χ1n) is 6.66. The molecular weight excluding hydrogens is 304 g/mol. The Bertz CT molecular complexity index is 587. The molecule has 100 valence electrons. The van der Waals surface area contributed by atoms with Gasteiger partial charge in [-0.3, -0.25) is 0 Å². The normalized spacial score (nSPS) is 23.5. The first-order valence-corrected chi connectivity index (χ1v) is 7.45. The summed E-state index contributed by atoms with van der Waals surface area (Å²) in [7, 11) is 0. The number of nitrogens with one attached hydrogen (secondary N) is 1. The Balaban J connectivity index is 1.94.